The molecule has 0 saturated heterocycles. The van der Waals surface area contributed by atoms with Gasteiger partial charge in [0.2, 0.25) is 5.91 Å². The minimum atomic E-state index is -1.16. The number of hydrogen-bond acceptors (Lipinski definition) is 5. The van der Waals surface area contributed by atoms with E-state index < -0.39 is 22.8 Å². The summed E-state index contributed by atoms with van der Waals surface area (Å²) in [5.74, 6) is -1.56. The molecular formula is C11H15N3O6. The molecule has 1 amide bonds. The second kappa shape index (κ2) is 7.81. The number of nitrogens with zero attached hydrogens (tertiary/aromatic N) is 1. The van der Waals surface area contributed by atoms with Gasteiger partial charge >= 0.3 is 5.97 Å². The monoisotopic (exact) mass is 285 g/mol. The first-order chi connectivity index (χ1) is 8.90. The molecule has 0 bridgehead atoms. The van der Waals surface area contributed by atoms with E-state index in [2.05, 4.69) is 5.32 Å². The number of carboxylic acids is 1. The lowest BCUT2D eigenvalue weighted by molar-refractivity contribution is -0.384. The predicted molar refractivity (Wildman–Crippen MR) is 70.2 cm³/mol. The first-order valence-corrected chi connectivity index (χ1v) is 5.43. The lowest BCUT2D eigenvalue weighted by Gasteiger charge is -2.07. The van der Waals surface area contributed by atoms with Gasteiger partial charge < -0.3 is 21.6 Å². The van der Waals surface area contributed by atoms with Crippen LogP contribution in [0.15, 0.2) is 24.3 Å². The summed E-state index contributed by atoms with van der Waals surface area (Å²) in [6.45, 7) is 0. The molecule has 0 aromatic heterocycles. The quantitative estimate of drug-likeness (QED) is 0.487. The molecule has 1 rings (SSSR count). The summed E-state index contributed by atoms with van der Waals surface area (Å²) in [7, 11) is 0. The lowest BCUT2D eigenvalue weighted by Crippen LogP contribution is -2.31. The van der Waals surface area contributed by atoms with E-state index in [1.165, 1.54) is 24.3 Å². The summed E-state index contributed by atoms with van der Waals surface area (Å²) in [6.07, 6.45) is -0.0153. The molecule has 0 radical (unpaired) electrons. The zero-order valence-corrected chi connectivity index (χ0v) is 10.4. The van der Waals surface area contributed by atoms with Gasteiger partial charge in [0.05, 0.1) is 4.92 Å². The van der Waals surface area contributed by atoms with E-state index in [0.717, 1.165) is 0 Å². The Kier molecular flexibility index (Phi) is 6.83. The Morgan fingerprint density at radius 2 is 1.90 bits per heavy atom. The van der Waals surface area contributed by atoms with Gasteiger partial charge in [0.15, 0.2) is 0 Å². The highest BCUT2D eigenvalue weighted by Gasteiger charge is 2.13. The number of carbonyl (C=O) groups excluding carboxylic acids is 1. The van der Waals surface area contributed by atoms with Gasteiger partial charge in [0.25, 0.3) is 5.69 Å². The summed E-state index contributed by atoms with van der Waals surface area (Å²) in [6, 6.07) is 4.24. The first kappa shape index (κ1) is 17.5. The molecule has 20 heavy (non-hydrogen) atoms. The second-order valence-corrected chi connectivity index (χ2v) is 3.84. The fourth-order valence-electron chi connectivity index (χ4n) is 1.30. The molecule has 6 N–H and O–H groups in total. The maximum Gasteiger partial charge on any atom is 0.320 e. The molecular weight excluding hydrogens is 270 g/mol. The smallest absolute Gasteiger partial charge is 0.320 e. The molecule has 0 fully saturated rings. The van der Waals surface area contributed by atoms with Crippen molar-refractivity contribution < 1.29 is 25.1 Å². The van der Waals surface area contributed by atoms with Crippen molar-refractivity contribution in [3.05, 3.63) is 34.4 Å². The number of nitro groups is 1. The fraction of sp³-hybridized carbons (Fsp3) is 0.273. The van der Waals surface area contributed by atoms with Crippen LogP contribution < -0.4 is 11.1 Å². The van der Waals surface area contributed by atoms with Gasteiger partial charge in [-0.2, -0.15) is 0 Å². The molecule has 1 aromatic rings. The van der Waals surface area contributed by atoms with Crippen LogP contribution in [-0.2, 0) is 9.59 Å². The van der Waals surface area contributed by atoms with Crippen LogP contribution in [0.1, 0.15) is 12.8 Å². The molecule has 0 aliphatic carbocycles. The molecule has 9 heteroatoms. The molecule has 1 atom stereocenters. The zero-order chi connectivity index (χ0) is 14.4. The SMILES string of the molecule is NC(CCC(=O)Nc1ccc([N+](=O)[O-])cc1)C(=O)O.O. The van der Waals surface area contributed by atoms with E-state index in [1.54, 1.807) is 0 Å². The fourth-order valence-corrected chi connectivity index (χ4v) is 1.30. The topological polar surface area (TPSA) is 167 Å². The number of nitro benzene ring substituents is 1. The van der Waals surface area contributed by atoms with Crippen molar-refractivity contribution >= 4 is 23.3 Å². The van der Waals surface area contributed by atoms with Crippen LogP contribution >= 0.6 is 0 Å². The van der Waals surface area contributed by atoms with Gasteiger partial charge in [-0.3, -0.25) is 19.7 Å². The van der Waals surface area contributed by atoms with E-state index in [1.807, 2.05) is 0 Å². The predicted octanol–water partition coefficient (Wildman–Crippen LogP) is -0.0993. The van der Waals surface area contributed by atoms with Gasteiger partial charge in [-0.05, 0) is 18.6 Å². The highest BCUT2D eigenvalue weighted by atomic mass is 16.6. The van der Waals surface area contributed by atoms with Crippen molar-refractivity contribution in [3.8, 4) is 0 Å². The van der Waals surface area contributed by atoms with Crippen LogP contribution in [0, 0.1) is 10.1 Å². The first-order valence-electron chi connectivity index (χ1n) is 5.43. The average molecular weight is 285 g/mol. The van der Waals surface area contributed by atoms with E-state index in [4.69, 9.17) is 10.8 Å². The minimum Gasteiger partial charge on any atom is -0.480 e. The third kappa shape index (κ3) is 5.42. The van der Waals surface area contributed by atoms with Gasteiger partial charge in [-0.25, -0.2) is 0 Å². The number of hydrogen-bond donors (Lipinski definition) is 3. The van der Waals surface area contributed by atoms with Crippen molar-refractivity contribution in [1.82, 2.24) is 0 Å². The Bertz CT molecular complexity index is 487. The van der Waals surface area contributed by atoms with Crippen LogP contribution in [0.3, 0.4) is 0 Å². The van der Waals surface area contributed by atoms with Gasteiger partial charge in [0.1, 0.15) is 6.04 Å². The second-order valence-electron chi connectivity index (χ2n) is 3.84. The number of aliphatic carboxylic acids is 1. The minimum absolute atomic E-state index is 0. The van der Waals surface area contributed by atoms with Gasteiger partial charge in [-0.15, -0.1) is 0 Å². The Labute approximate surface area is 113 Å². The van der Waals surface area contributed by atoms with Crippen LogP contribution in [0.4, 0.5) is 11.4 Å². The molecule has 110 valence electrons. The molecule has 0 heterocycles. The Balaban J connectivity index is 0.00000361. The summed E-state index contributed by atoms with van der Waals surface area (Å²) >= 11 is 0. The van der Waals surface area contributed by atoms with Crippen molar-refractivity contribution in [2.75, 3.05) is 5.32 Å². The van der Waals surface area contributed by atoms with Crippen LogP contribution in [0.25, 0.3) is 0 Å². The number of carboxylic acid groups (broad SMARTS) is 1. The number of benzene rings is 1. The summed E-state index contributed by atoms with van der Waals surface area (Å²) in [5, 5.41) is 21.5. The maximum atomic E-state index is 11.5. The van der Waals surface area contributed by atoms with Crippen LogP contribution in [-0.4, -0.2) is 33.4 Å². The number of carbonyl (C=O) groups is 2. The number of anilines is 1. The normalized spacial score (nSPS) is 11.1. The third-order valence-electron chi connectivity index (χ3n) is 2.36. The number of non-ortho nitro benzene ring substituents is 1. The third-order valence-corrected chi connectivity index (χ3v) is 2.36. The van der Waals surface area contributed by atoms with E-state index in [9.17, 15) is 19.7 Å². The lowest BCUT2D eigenvalue weighted by atomic mass is 10.1. The molecule has 9 nitrogen and oxygen atoms in total. The van der Waals surface area contributed by atoms with Gasteiger partial charge in [0, 0.05) is 24.2 Å². The Hall–Kier alpha value is -2.52. The molecule has 0 aliphatic heterocycles. The van der Waals surface area contributed by atoms with E-state index in [-0.39, 0.29) is 24.0 Å². The van der Waals surface area contributed by atoms with Crippen molar-refractivity contribution in [3.63, 3.8) is 0 Å². The number of rotatable bonds is 6. The molecule has 1 aromatic carbocycles. The highest BCUT2D eigenvalue weighted by Crippen LogP contribution is 2.15. The molecule has 0 spiro atoms. The largest absolute Gasteiger partial charge is 0.480 e. The molecule has 1 unspecified atom stereocenters. The van der Waals surface area contributed by atoms with Crippen LogP contribution in [0.5, 0.6) is 0 Å². The summed E-state index contributed by atoms with van der Waals surface area (Å²) < 4.78 is 0. The van der Waals surface area contributed by atoms with Crippen LogP contribution in [0.2, 0.25) is 0 Å². The van der Waals surface area contributed by atoms with E-state index >= 15 is 0 Å². The number of nitrogens with one attached hydrogen (secondary N) is 1. The molecule has 0 saturated carbocycles. The maximum absolute atomic E-state index is 11.5. The van der Waals surface area contributed by atoms with Crippen molar-refractivity contribution in [2.45, 2.75) is 18.9 Å². The van der Waals surface area contributed by atoms with Gasteiger partial charge in [-0.1, -0.05) is 0 Å². The zero-order valence-electron chi connectivity index (χ0n) is 10.4. The highest BCUT2D eigenvalue weighted by molar-refractivity contribution is 5.91. The summed E-state index contributed by atoms with van der Waals surface area (Å²) in [5.41, 5.74) is 5.58. The number of amides is 1. The van der Waals surface area contributed by atoms with Crippen molar-refractivity contribution in [1.29, 1.82) is 0 Å². The standard InChI is InChI=1S/C11H13N3O5.H2O/c12-9(11(16)17)5-6-10(15)13-7-1-3-8(4-2-7)14(18)19;/h1-4,9H,5-6,12H2,(H,13,15)(H,16,17);1H2. The molecule has 0 aliphatic rings. The number of nitrogens with two attached hydrogens (primary N) is 1. The Morgan fingerprint density at radius 3 is 2.35 bits per heavy atom. The van der Waals surface area contributed by atoms with E-state index in [0.29, 0.717) is 5.69 Å². The summed E-state index contributed by atoms with van der Waals surface area (Å²) in [4.78, 5) is 31.8. The average Bonchev–Trinajstić information content (AvgIpc) is 2.36. The van der Waals surface area contributed by atoms with Crippen molar-refractivity contribution in [2.24, 2.45) is 5.73 Å². The Morgan fingerprint density at radius 1 is 1.35 bits per heavy atom.